The lowest BCUT2D eigenvalue weighted by molar-refractivity contribution is -0.384. The summed E-state index contributed by atoms with van der Waals surface area (Å²) < 4.78 is 0. The molecule has 0 aromatic heterocycles. The Hall–Kier alpha value is -2.73. The van der Waals surface area contributed by atoms with Gasteiger partial charge in [-0.1, -0.05) is 11.6 Å². The summed E-state index contributed by atoms with van der Waals surface area (Å²) in [4.78, 5) is 33.2. The van der Waals surface area contributed by atoms with E-state index in [0.29, 0.717) is 17.0 Å². The van der Waals surface area contributed by atoms with Crippen molar-refractivity contribution in [2.75, 3.05) is 5.32 Å². The van der Waals surface area contributed by atoms with Gasteiger partial charge in [-0.15, -0.1) is 0 Å². The average Bonchev–Trinajstić information content (AvgIpc) is 2.48. The van der Waals surface area contributed by atoms with E-state index in [2.05, 4.69) is 5.32 Å². The first-order valence-electron chi connectivity index (χ1n) is 5.82. The molecule has 0 bridgehead atoms. The number of hydrogen-bond donors (Lipinski definition) is 1. The third kappa shape index (κ3) is 3.43. The van der Waals surface area contributed by atoms with Gasteiger partial charge < -0.3 is 5.32 Å². The summed E-state index contributed by atoms with van der Waals surface area (Å²) in [7, 11) is 0. The number of halogens is 1. The van der Waals surface area contributed by atoms with Crippen molar-refractivity contribution in [2.45, 2.75) is 0 Å². The predicted octanol–water partition coefficient (Wildman–Crippen LogP) is 3.31. The Morgan fingerprint density at radius 1 is 1.19 bits per heavy atom. The van der Waals surface area contributed by atoms with Crippen molar-refractivity contribution < 1.29 is 14.5 Å². The van der Waals surface area contributed by atoms with Gasteiger partial charge in [0, 0.05) is 28.4 Å². The molecule has 1 N–H and O–H groups in total. The third-order valence-corrected chi connectivity index (χ3v) is 2.97. The molecule has 0 unspecified atom stereocenters. The molecule has 2 rings (SSSR count). The molecule has 0 spiro atoms. The number of carbonyl (C=O) groups excluding carboxylic acids is 2. The molecule has 0 atom stereocenters. The Balaban J connectivity index is 2.33. The van der Waals surface area contributed by atoms with E-state index in [9.17, 15) is 19.7 Å². The van der Waals surface area contributed by atoms with Gasteiger partial charge in [-0.3, -0.25) is 19.7 Å². The molecule has 6 nitrogen and oxygen atoms in total. The quantitative estimate of drug-likeness (QED) is 0.533. The molecule has 0 heterocycles. The van der Waals surface area contributed by atoms with E-state index >= 15 is 0 Å². The lowest BCUT2D eigenvalue weighted by atomic mass is 10.1. The molecule has 106 valence electrons. The highest BCUT2D eigenvalue weighted by Gasteiger charge is 2.16. The van der Waals surface area contributed by atoms with E-state index < -0.39 is 10.8 Å². The number of rotatable bonds is 4. The van der Waals surface area contributed by atoms with Gasteiger partial charge in [-0.2, -0.15) is 0 Å². The van der Waals surface area contributed by atoms with Gasteiger partial charge in [0.05, 0.1) is 10.5 Å². The monoisotopic (exact) mass is 304 g/mol. The van der Waals surface area contributed by atoms with E-state index in [1.807, 2.05) is 0 Å². The van der Waals surface area contributed by atoms with Crippen LogP contribution in [0.4, 0.5) is 11.4 Å². The number of nitrogens with one attached hydrogen (secondary N) is 1. The molecule has 1 amide bonds. The largest absolute Gasteiger partial charge is 0.322 e. The van der Waals surface area contributed by atoms with Gasteiger partial charge >= 0.3 is 0 Å². The zero-order chi connectivity index (χ0) is 15.4. The Labute approximate surface area is 124 Å². The number of non-ortho nitro benzene ring substituents is 1. The van der Waals surface area contributed by atoms with Crippen molar-refractivity contribution in [2.24, 2.45) is 0 Å². The van der Waals surface area contributed by atoms with Gasteiger partial charge in [-0.05, 0) is 30.3 Å². The van der Waals surface area contributed by atoms with Crippen molar-refractivity contribution in [1.29, 1.82) is 0 Å². The molecule has 2 aromatic carbocycles. The van der Waals surface area contributed by atoms with Gasteiger partial charge in [0.15, 0.2) is 6.29 Å². The van der Waals surface area contributed by atoms with Crippen LogP contribution in [-0.4, -0.2) is 17.1 Å². The number of nitro benzene ring substituents is 1. The predicted molar refractivity (Wildman–Crippen MR) is 77.9 cm³/mol. The smallest absolute Gasteiger partial charge is 0.270 e. The average molecular weight is 305 g/mol. The van der Waals surface area contributed by atoms with E-state index in [4.69, 9.17) is 11.6 Å². The summed E-state index contributed by atoms with van der Waals surface area (Å²) in [5.74, 6) is -0.608. The Morgan fingerprint density at radius 3 is 2.43 bits per heavy atom. The number of amides is 1. The maximum Gasteiger partial charge on any atom is 0.270 e. The lowest BCUT2D eigenvalue weighted by Crippen LogP contribution is -2.14. The molecule has 0 saturated carbocycles. The number of nitrogens with zero attached hydrogens (tertiary/aromatic N) is 1. The molecule has 2 aromatic rings. The van der Waals surface area contributed by atoms with Gasteiger partial charge in [0.25, 0.3) is 11.6 Å². The molecule has 0 fully saturated rings. The number of anilines is 1. The highest BCUT2D eigenvalue weighted by Crippen LogP contribution is 2.19. The summed E-state index contributed by atoms with van der Waals surface area (Å²) in [5.41, 5.74) is 0.218. The molecule has 0 aliphatic carbocycles. The van der Waals surface area contributed by atoms with Gasteiger partial charge in [0.2, 0.25) is 0 Å². The highest BCUT2D eigenvalue weighted by molar-refractivity contribution is 6.30. The fraction of sp³-hybridized carbons (Fsp3) is 0. The summed E-state index contributed by atoms with van der Waals surface area (Å²) in [6.45, 7) is 0. The van der Waals surface area contributed by atoms with Crippen LogP contribution in [0.1, 0.15) is 20.7 Å². The van der Waals surface area contributed by atoms with Crippen LogP contribution < -0.4 is 5.32 Å². The van der Waals surface area contributed by atoms with E-state index in [1.54, 1.807) is 24.3 Å². The van der Waals surface area contributed by atoms with Crippen molar-refractivity contribution in [1.82, 2.24) is 0 Å². The van der Waals surface area contributed by atoms with Crippen LogP contribution in [0.25, 0.3) is 0 Å². The second kappa shape index (κ2) is 6.15. The fourth-order valence-corrected chi connectivity index (χ4v) is 1.81. The van der Waals surface area contributed by atoms with Crippen LogP contribution in [0, 0.1) is 10.1 Å². The minimum Gasteiger partial charge on any atom is -0.322 e. The van der Waals surface area contributed by atoms with E-state index in [1.165, 1.54) is 12.1 Å². The van der Waals surface area contributed by atoms with E-state index in [0.717, 1.165) is 6.07 Å². The maximum atomic E-state index is 12.1. The normalized spacial score (nSPS) is 9.95. The lowest BCUT2D eigenvalue weighted by Gasteiger charge is -2.07. The van der Waals surface area contributed by atoms with Crippen molar-refractivity contribution in [3.05, 3.63) is 68.7 Å². The van der Waals surface area contributed by atoms with Gasteiger partial charge in [0.1, 0.15) is 0 Å². The Morgan fingerprint density at radius 2 is 1.86 bits per heavy atom. The second-order valence-electron chi connectivity index (χ2n) is 4.11. The van der Waals surface area contributed by atoms with Crippen LogP contribution >= 0.6 is 11.6 Å². The number of aldehydes is 1. The van der Waals surface area contributed by atoms with Crippen LogP contribution in [0.5, 0.6) is 0 Å². The van der Waals surface area contributed by atoms with Gasteiger partial charge in [-0.25, -0.2) is 0 Å². The molecule has 0 aliphatic rings. The molecular weight excluding hydrogens is 296 g/mol. The minimum atomic E-state index is -0.631. The molecular formula is C14H9ClN2O4. The Kier molecular flexibility index (Phi) is 4.30. The number of nitro groups is 1. The van der Waals surface area contributed by atoms with Crippen molar-refractivity contribution in [3.8, 4) is 0 Å². The maximum absolute atomic E-state index is 12.1. The zero-order valence-corrected chi connectivity index (χ0v) is 11.3. The standard InChI is InChI=1S/C14H9ClN2O4/c15-10-2-4-11(5-3-10)16-14(19)13-7-12(17(20)21)6-1-9(13)8-18/h1-8H,(H,16,19). The van der Waals surface area contributed by atoms with Crippen LogP contribution in [0.3, 0.4) is 0 Å². The highest BCUT2D eigenvalue weighted by atomic mass is 35.5. The number of benzene rings is 2. The zero-order valence-electron chi connectivity index (χ0n) is 10.6. The molecule has 21 heavy (non-hydrogen) atoms. The second-order valence-corrected chi connectivity index (χ2v) is 4.54. The first-order chi connectivity index (χ1) is 10.0. The summed E-state index contributed by atoms with van der Waals surface area (Å²) in [6, 6.07) is 9.81. The molecule has 0 saturated heterocycles. The SMILES string of the molecule is O=Cc1ccc([N+](=O)[O-])cc1C(=O)Nc1ccc(Cl)cc1. The molecule has 7 heteroatoms. The Bertz CT molecular complexity index is 713. The van der Waals surface area contributed by atoms with Crippen LogP contribution in [-0.2, 0) is 0 Å². The van der Waals surface area contributed by atoms with Crippen LogP contribution in [0.15, 0.2) is 42.5 Å². The summed E-state index contributed by atoms with van der Waals surface area (Å²) in [5, 5.41) is 13.8. The summed E-state index contributed by atoms with van der Waals surface area (Å²) in [6.07, 6.45) is 0.473. The van der Waals surface area contributed by atoms with Crippen molar-refractivity contribution >= 4 is 35.2 Å². The topological polar surface area (TPSA) is 89.3 Å². The summed E-state index contributed by atoms with van der Waals surface area (Å²) >= 11 is 5.73. The number of carbonyl (C=O) groups is 2. The van der Waals surface area contributed by atoms with E-state index in [-0.39, 0.29) is 16.8 Å². The fourth-order valence-electron chi connectivity index (χ4n) is 1.69. The third-order valence-electron chi connectivity index (χ3n) is 2.72. The van der Waals surface area contributed by atoms with Crippen LogP contribution in [0.2, 0.25) is 5.02 Å². The molecule has 0 radical (unpaired) electrons. The minimum absolute atomic E-state index is 0.0610. The molecule has 0 aliphatic heterocycles. The first-order valence-corrected chi connectivity index (χ1v) is 6.19. The van der Waals surface area contributed by atoms with Crippen molar-refractivity contribution in [3.63, 3.8) is 0 Å². The first kappa shape index (κ1) is 14.7. The number of hydrogen-bond acceptors (Lipinski definition) is 4.